The maximum absolute atomic E-state index is 13.7. The van der Waals surface area contributed by atoms with Crippen molar-refractivity contribution in [2.75, 3.05) is 5.32 Å². The highest BCUT2D eigenvalue weighted by molar-refractivity contribution is 5.92. The number of aromatic nitrogens is 2. The van der Waals surface area contributed by atoms with Gasteiger partial charge in [-0.25, -0.2) is 9.78 Å². The van der Waals surface area contributed by atoms with Crippen LogP contribution in [-0.4, -0.2) is 20.6 Å². The number of carboxylic acid groups (broad SMARTS) is 1. The molecule has 9 heteroatoms. The Bertz CT molecular complexity index is 1330. The standard InChI is InChI=1S/C22H14F3N3O3/c23-22(24,25)15-11-16(21(30)31)27-20-19(15)17(29)12-18(26-13-7-3-1-4-8-13)28(20)14-9-5-2-6-10-14/h1-12,26H,(H,30,31). The second kappa shape index (κ2) is 7.60. The summed E-state index contributed by atoms with van der Waals surface area (Å²) in [6.07, 6.45) is -4.95. The molecule has 4 rings (SSSR count). The molecule has 0 spiro atoms. The number of benzene rings is 2. The first kappa shape index (κ1) is 20.1. The second-order valence-electron chi connectivity index (χ2n) is 6.61. The maximum atomic E-state index is 13.7. The van der Waals surface area contributed by atoms with E-state index in [0.717, 1.165) is 6.07 Å². The van der Waals surface area contributed by atoms with Crippen LogP contribution in [0.1, 0.15) is 16.1 Å². The molecular formula is C22H14F3N3O3. The molecular weight excluding hydrogens is 411 g/mol. The van der Waals surface area contributed by atoms with Gasteiger partial charge in [-0.05, 0) is 30.3 Å². The van der Waals surface area contributed by atoms with Crippen LogP contribution in [0, 0.1) is 0 Å². The van der Waals surface area contributed by atoms with Crippen molar-refractivity contribution in [2.45, 2.75) is 6.18 Å². The van der Waals surface area contributed by atoms with Crippen molar-refractivity contribution in [1.29, 1.82) is 0 Å². The van der Waals surface area contributed by atoms with Gasteiger partial charge in [-0.2, -0.15) is 13.2 Å². The number of fused-ring (bicyclic) bond motifs is 1. The molecule has 0 radical (unpaired) electrons. The third-order valence-electron chi connectivity index (χ3n) is 4.55. The number of anilines is 2. The first-order valence-corrected chi connectivity index (χ1v) is 9.04. The number of carboxylic acids is 1. The minimum absolute atomic E-state index is 0.137. The van der Waals surface area contributed by atoms with Crippen LogP contribution in [0.15, 0.2) is 77.6 Å². The predicted octanol–water partition coefficient (Wildman–Crippen LogP) is 4.85. The average Bonchev–Trinajstić information content (AvgIpc) is 2.73. The number of halogens is 3. The molecule has 0 fully saturated rings. The summed E-state index contributed by atoms with van der Waals surface area (Å²) < 4.78 is 42.5. The number of hydrogen-bond donors (Lipinski definition) is 2. The summed E-state index contributed by atoms with van der Waals surface area (Å²) in [6.45, 7) is 0. The molecule has 31 heavy (non-hydrogen) atoms. The van der Waals surface area contributed by atoms with Crippen molar-refractivity contribution >= 4 is 28.5 Å². The molecule has 2 heterocycles. The summed E-state index contributed by atoms with van der Waals surface area (Å²) in [6, 6.07) is 18.4. The fraction of sp³-hybridized carbons (Fsp3) is 0.0455. The zero-order chi connectivity index (χ0) is 22.2. The summed E-state index contributed by atoms with van der Waals surface area (Å²) in [5.41, 5.74) is -2.54. The molecule has 0 aliphatic rings. The number of nitrogens with zero attached hydrogens (tertiary/aromatic N) is 2. The number of aromatic carboxylic acids is 1. The molecule has 0 saturated heterocycles. The molecule has 2 aromatic heterocycles. The Hall–Kier alpha value is -4.14. The minimum Gasteiger partial charge on any atom is -0.477 e. The molecule has 0 saturated carbocycles. The number of nitrogens with one attached hydrogen (secondary N) is 1. The monoisotopic (exact) mass is 425 g/mol. The molecule has 0 amide bonds. The Labute approximate surface area is 173 Å². The average molecular weight is 425 g/mol. The van der Waals surface area contributed by atoms with Crippen molar-refractivity contribution in [3.05, 3.63) is 94.3 Å². The Morgan fingerprint density at radius 3 is 2.16 bits per heavy atom. The van der Waals surface area contributed by atoms with E-state index in [1.165, 1.54) is 4.57 Å². The minimum atomic E-state index is -4.95. The van der Waals surface area contributed by atoms with E-state index in [1.54, 1.807) is 60.7 Å². The molecule has 0 bridgehead atoms. The topological polar surface area (TPSA) is 84.2 Å². The van der Waals surface area contributed by atoms with Crippen LogP contribution >= 0.6 is 0 Å². The molecule has 6 nitrogen and oxygen atoms in total. The highest BCUT2D eigenvalue weighted by Gasteiger charge is 2.36. The van der Waals surface area contributed by atoms with Gasteiger partial charge in [0.25, 0.3) is 0 Å². The van der Waals surface area contributed by atoms with Crippen molar-refractivity contribution in [3.8, 4) is 5.69 Å². The van der Waals surface area contributed by atoms with Gasteiger partial charge in [0, 0.05) is 17.4 Å². The lowest BCUT2D eigenvalue weighted by Crippen LogP contribution is -2.20. The Morgan fingerprint density at radius 2 is 1.58 bits per heavy atom. The van der Waals surface area contributed by atoms with Gasteiger partial charge in [-0.15, -0.1) is 0 Å². The van der Waals surface area contributed by atoms with Crippen molar-refractivity contribution in [3.63, 3.8) is 0 Å². The summed E-state index contributed by atoms with van der Waals surface area (Å²) >= 11 is 0. The van der Waals surface area contributed by atoms with Gasteiger partial charge in [-0.3, -0.25) is 9.36 Å². The summed E-state index contributed by atoms with van der Waals surface area (Å²) in [5, 5.41) is 11.6. The number of hydrogen-bond acceptors (Lipinski definition) is 4. The molecule has 0 atom stereocenters. The van der Waals surface area contributed by atoms with E-state index in [2.05, 4.69) is 10.3 Å². The fourth-order valence-corrected chi connectivity index (χ4v) is 3.24. The maximum Gasteiger partial charge on any atom is 0.417 e. The van der Waals surface area contributed by atoms with Gasteiger partial charge in [0.1, 0.15) is 5.82 Å². The van der Waals surface area contributed by atoms with Crippen molar-refractivity contribution < 1.29 is 23.1 Å². The van der Waals surface area contributed by atoms with Gasteiger partial charge in [0.05, 0.1) is 10.9 Å². The van der Waals surface area contributed by atoms with Crippen molar-refractivity contribution in [1.82, 2.24) is 9.55 Å². The third-order valence-corrected chi connectivity index (χ3v) is 4.55. The van der Waals surface area contributed by atoms with Crippen LogP contribution in [0.25, 0.3) is 16.7 Å². The normalized spacial score (nSPS) is 11.5. The first-order chi connectivity index (χ1) is 14.8. The van der Waals surface area contributed by atoms with E-state index in [-0.39, 0.29) is 5.82 Å². The number of para-hydroxylation sites is 2. The van der Waals surface area contributed by atoms with Gasteiger partial charge in [0.2, 0.25) is 0 Å². The number of pyridine rings is 2. The van der Waals surface area contributed by atoms with Crippen LogP contribution in [0.2, 0.25) is 0 Å². The number of rotatable bonds is 4. The molecule has 4 aromatic rings. The summed E-state index contributed by atoms with van der Waals surface area (Å²) in [5.74, 6) is -1.50. The molecule has 2 N–H and O–H groups in total. The number of carbonyl (C=O) groups is 1. The third kappa shape index (κ3) is 3.85. The number of alkyl halides is 3. The highest BCUT2D eigenvalue weighted by atomic mass is 19.4. The van der Waals surface area contributed by atoms with Gasteiger partial charge < -0.3 is 10.4 Å². The van der Waals surface area contributed by atoms with Crippen LogP contribution in [-0.2, 0) is 6.18 Å². The fourth-order valence-electron chi connectivity index (χ4n) is 3.24. The second-order valence-corrected chi connectivity index (χ2v) is 6.61. The van der Waals surface area contributed by atoms with E-state index < -0.39 is 39.9 Å². The van der Waals surface area contributed by atoms with E-state index in [9.17, 15) is 27.9 Å². The molecule has 2 aromatic carbocycles. The summed E-state index contributed by atoms with van der Waals surface area (Å²) in [7, 11) is 0. The lowest BCUT2D eigenvalue weighted by molar-refractivity contribution is -0.136. The Kier molecular flexibility index (Phi) is 4.94. The zero-order valence-corrected chi connectivity index (χ0v) is 15.7. The molecule has 156 valence electrons. The quantitative estimate of drug-likeness (QED) is 0.489. The highest BCUT2D eigenvalue weighted by Crippen LogP contribution is 2.35. The largest absolute Gasteiger partial charge is 0.477 e. The van der Waals surface area contributed by atoms with Crippen LogP contribution in [0.4, 0.5) is 24.7 Å². The Morgan fingerprint density at radius 1 is 0.968 bits per heavy atom. The molecule has 0 aliphatic heterocycles. The van der Waals surface area contributed by atoms with Gasteiger partial charge in [-0.1, -0.05) is 36.4 Å². The van der Waals surface area contributed by atoms with Crippen LogP contribution in [0.5, 0.6) is 0 Å². The van der Waals surface area contributed by atoms with Crippen molar-refractivity contribution in [2.24, 2.45) is 0 Å². The zero-order valence-electron chi connectivity index (χ0n) is 15.7. The molecule has 0 aliphatic carbocycles. The lowest BCUT2D eigenvalue weighted by Gasteiger charge is -2.20. The molecule has 0 unspecified atom stereocenters. The van der Waals surface area contributed by atoms with Gasteiger partial charge >= 0.3 is 12.1 Å². The smallest absolute Gasteiger partial charge is 0.417 e. The SMILES string of the molecule is O=C(O)c1cc(C(F)(F)F)c2c(=O)cc(Nc3ccccc3)n(-c3ccccc3)c2n1. The van der Waals surface area contributed by atoms with Crippen LogP contribution < -0.4 is 10.7 Å². The van der Waals surface area contributed by atoms with Crippen LogP contribution in [0.3, 0.4) is 0 Å². The van der Waals surface area contributed by atoms with E-state index in [1.807, 2.05) is 0 Å². The Balaban J connectivity index is 2.14. The first-order valence-electron chi connectivity index (χ1n) is 9.04. The predicted molar refractivity (Wildman–Crippen MR) is 109 cm³/mol. The van der Waals surface area contributed by atoms with E-state index in [4.69, 9.17) is 0 Å². The van der Waals surface area contributed by atoms with Gasteiger partial charge in [0.15, 0.2) is 16.8 Å². The summed E-state index contributed by atoms with van der Waals surface area (Å²) in [4.78, 5) is 28.2. The lowest BCUT2D eigenvalue weighted by atomic mass is 10.1. The van der Waals surface area contributed by atoms with E-state index >= 15 is 0 Å². The van der Waals surface area contributed by atoms with E-state index in [0.29, 0.717) is 17.4 Å².